The topological polar surface area (TPSA) is 65.4 Å². The fourth-order valence-electron chi connectivity index (χ4n) is 2.92. The predicted molar refractivity (Wildman–Crippen MR) is 105 cm³/mol. The molecule has 3 aromatic rings. The van der Waals surface area contributed by atoms with E-state index in [-0.39, 0.29) is 12.5 Å². The number of hydrogen-bond donors (Lipinski definition) is 1. The van der Waals surface area contributed by atoms with Gasteiger partial charge in [0.1, 0.15) is 5.82 Å². The molecule has 27 heavy (non-hydrogen) atoms. The van der Waals surface area contributed by atoms with Crippen LogP contribution in [0.25, 0.3) is 5.69 Å². The normalized spacial score (nSPS) is 10.5. The first-order valence-electron chi connectivity index (χ1n) is 8.67. The number of methoxy groups -OCH3 is 1. The van der Waals surface area contributed by atoms with Crippen LogP contribution in [0, 0.1) is 20.8 Å². The number of aromatic nitrogens is 2. The van der Waals surface area contributed by atoms with Gasteiger partial charge in [-0.2, -0.15) is 5.10 Å². The second kappa shape index (κ2) is 7.95. The molecule has 0 saturated heterocycles. The minimum absolute atomic E-state index is 0.128. The van der Waals surface area contributed by atoms with Gasteiger partial charge < -0.3 is 14.8 Å². The van der Waals surface area contributed by atoms with Gasteiger partial charge in [0, 0.05) is 6.07 Å². The number of para-hydroxylation sites is 2. The zero-order valence-electron chi connectivity index (χ0n) is 15.9. The molecule has 6 heteroatoms. The Labute approximate surface area is 158 Å². The van der Waals surface area contributed by atoms with E-state index in [1.807, 2.05) is 51.1 Å². The van der Waals surface area contributed by atoms with Crippen molar-refractivity contribution in [2.24, 2.45) is 0 Å². The summed E-state index contributed by atoms with van der Waals surface area (Å²) in [5.41, 5.74) is 3.99. The summed E-state index contributed by atoms with van der Waals surface area (Å²) in [5.74, 6) is 1.44. The number of anilines is 1. The summed E-state index contributed by atoms with van der Waals surface area (Å²) in [4.78, 5) is 12.4. The van der Waals surface area contributed by atoms with E-state index in [2.05, 4.69) is 16.5 Å². The van der Waals surface area contributed by atoms with Crippen LogP contribution in [0.5, 0.6) is 11.5 Å². The van der Waals surface area contributed by atoms with Crippen molar-refractivity contribution >= 4 is 11.7 Å². The molecular weight excluding hydrogens is 342 g/mol. The molecule has 6 nitrogen and oxygen atoms in total. The molecule has 0 aliphatic carbocycles. The number of amides is 1. The molecule has 140 valence electrons. The lowest BCUT2D eigenvalue weighted by Gasteiger charge is -2.12. The van der Waals surface area contributed by atoms with Gasteiger partial charge in [0.05, 0.1) is 18.5 Å². The number of benzene rings is 2. The van der Waals surface area contributed by atoms with Gasteiger partial charge in [-0.1, -0.05) is 18.2 Å². The van der Waals surface area contributed by atoms with E-state index in [1.165, 1.54) is 0 Å². The van der Waals surface area contributed by atoms with Crippen LogP contribution in [-0.2, 0) is 4.79 Å². The number of hydrogen-bond acceptors (Lipinski definition) is 4. The monoisotopic (exact) mass is 365 g/mol. The molecule has 0 fully saturated rings. The molecule has 2 aromatic carbocycles. The summed E-state index contributed by atoms with van der Waals surface area (Å²) in [6, 6.07) is 15.2. The Hall–Kier alpha value is -3.28. The second-order valence-electron chi connectivity index (χ2n) is 6.42. The Bertz CT molecular complexity index is 943. The molecule has 1 N–H and O–H groups in total. The maximum absolute atomic E-state index is 12.4. The van der Waals surface area contributed by atoms with Crippen molar-refractivity contribution in [1.82, 2.24) is 9.78 Å². The number of carbonyl (C=O) groups excluding carboxylic acids is 1. The Balaban J connectivity index is 1.75. The zero-order valence-corrected chi connectivity index (χ0v) is 15.9. The molecule has 0 spiro atoms. The molecular formula is C21H23N3O3. The van der Waals surface area contributed by atoms with E-state index in [9.17, 15) is 4.79 Å². The van der Waals surface area contributed by atoms with E-state index in [4.69, 9.17) is 9.47 Å². The lowest BCUT2D eigenvalue weighted by Crippen LogP contribution is -2.22. The molecule has 0 aliphatic rings. The summed E-state index contributed by atoms with van der Waals surface area (Å²) in [5, 5.41) is 7.38. The molecule has 0 atom stereocenters. The second-order valence-corrected chi connectivity index (χ2v) is 6.42. The first-order valence-corrected chi connectivity index (χ1v) is 8.67. The fraction of sp³-hybridized carbons (Fsp3) is 0.238. The predicted octanol–water partition coefficient (Wildman–Crippen LogP) is 3.82. The van der Waals surface area contributed by atoms with Crippen LogP contribution < -0.4 is 14.8 Å². The highest BCUT2D eigenvalue weighted by molar-refractivity contribution is 5.91. The van der Waals surface area contributed by atoms with Gasteiger partial charge in [-0.25, -0.2) is 4.68 Å². The molecule has 0 unspecified atom stereocenters. The maximum atomic E-state index is 12.4. The van der Waals surface area contributed by atoms with Crippen LogP contribution in [0.1, 0.15) is 16.8 Å². The number of ether oxygens (including phenoxy) is 2. The molecule has 1 amide bonds. The third-order valence-corrected chi connectivity index (χ3v) is 3.98. The first kappa shape index (κ1) is 18.5. The lowest BCUT2D eigenvalue weighted by atomic mass is 10.1. The van der Waals surface area contributed by atoms with Gasteiger partial charge in [0.15, 0.2) is 18.1 Å². The standard InChI is InChI=1S/C21H23N3O3/c1-14-9-15(2)11-17(10-14)24-20(12-16(3)23-24)22-21(25)13-27-19-8-6-5-7-18(19)26-4/h5-12H,13H2,1-4H3,(H,22,25). The molecule has 1 heterocycles. The highest BCUT2D eigenvalue weighted by Gasteiger charge is 2.13. The van der Waals surface area contributed by atoms with Crippen LogP contribution in [0.3, 0.4) is 0 Å². The van der Waals surface area contributed by atoms with E-state index in [0.717, 1.165) is 22.5 Å². The SMILES string of the molecule is COc1ccccc1OCC(=O)Nc1cc(C)nn1-c1cc(C)cc(C)c1. The molecule has 3 rings (SSSR count). The average Bonchev–Trinajstić information content (AvgIpc) is 2.99. The van der Waals surface area contributed by atoms with E-state index in [1.54, 1.807) is 23.9 Å². The van der Waals surface area contributed by atoms with Crippen molar-refractivity contribution in [3.8, 4) is 17.2 Å². The highest BCUT2D eigenvalue weighted by Crippen LogP contribution is 2.26. The lowest BCUT2D eigenvalue weighted by molar-refractivity contribution is -0.118. The van der Waals surface area contributed by atoms with Crippen LogP contribution in [0.15, 0.2) is 48.5 Å². The van der Waals surface area contributed by atoms with Crippen molar-refractivity contribution in [2.45, 2.75) is 20.8 Å². The number of carbonyl (C=O) groups is 1. The first-order chi connectivity index (χ1) is 13.0. The number of rotatable bonds is 6. The van der Waals surface area contributed by atoms with E-state index >= 15 is 0 Å². The summed E-state index contributed by atoms with van der Waals surface area (Å²) in [6.45, 7) is 5.83. The molecule has 0 saturated carbocycles. The summed E-state index contributed by atoms with van der Waals surface area (Å²) < 4.78 is 12.5. The van der Waals surface area contributed by atoms with Crippen molar-refractivity contribution in [3.63, 3.8) is 0 Å². The van der Waals surface area contributed by atoms with Crippen LogP contribution >= 0.6 is 0 Å². The summed E-state index contributed by atoms with van der Waals surface area (Å²) in [6.07, 6.45) is 0. The quantitative estimate of drug-likeness (QED) is 0.721. The minimum Gasteiger partial charge on any atom is -0.493 e. The Morgan fingerprint density at radius 3 is 2.37 bits per heavy atom. The van der Waals surface area contributed by atoms with Gasteiger partial charge in [0.2, 0.25) is 0 Å². The van der Waals surface area contributed by atoms with E-state index in [0.29, 0.717) is 17.3 Å². The highest BCUT2D eigenvalue weighted by atomic mass is 16.5. The van der Waals surface area contributed by atoms with Gasteiger partial charge in [-0.3, -0.25) is 4.79 Å². The summed E-state index contributed by atoms with van der Waals surface area (Å²) in [7, 11) is 1.56. The maximum Gasteiger partial charge on any atom is 0.263 e. The van der Waals surface area contributed by atoms with Crippen molar-refractivity contribution in [3.05, 3.63) is 65.4 Å². The zero-order chi connectivity index (χ0) is 19.4. The van der Waals surface area contributed by atoms with Crippen LogP contribution in [0.2, 0.25) is 0 Å². The minimum atomic E-state index is -0.272. The number of aryl methyl sites for hydroxylation is 3. The number of nitrogens with zero attached hydrogens (tertiary/aromatic N) is 2. The molecule has 0 aliphatic heterocycles. The van der Waals surface area contributed by atoms with Crippen LogP contribution in [-0.4, -0.2) is 29.4 Å². The fourth-order valence-corrected chi connectivity index (χ4v) is 2.92. The number of nitrogens with one attached hydrogen (secondary N) is 1. The molecule has 1 aromatic heterocycles. The van der Waals surface area contributed by atoms with Gasteiger partial charge >= 0.3 is 0 Å². The third kappa shape index (κ3) is 4.47. The van der Waals surface area contributed by atoms with Gasteiger partial charge in [-0.15, -0.1) is 0 Å². The Kier molecular flexibility index (Phi) is 5.45. The van der Waals surface area contributed by atoms with Crippen molar-refractivity contribution in [2.75, 3.05) is 19.0 Å². The largest absolute Gasteiger partial charge is 0.493 e. The Morgan fingerprint density at radius 2 is 1.70 bits per heavy atom. The third-order valence-electron chi connectivity index (χ3n) is 3.98. The van der Waals surface area contributed by atoms with E-state index < -0.39 is 0 Å². The van der Waals surface area contributed by atoms with Crippen LogP contribution in [0.4, 0.5) is 5.82 Å². The summed E-state index contributed by atoms with van der Waals surface area (Å²) >= 11 is 0. The average molecular weight is 365 g/mol. The Morgan fingerprint density at radius 1 is 1.04 bits per heavy atom. The smallest absolute Gasteiger partial charge is 0.263 e. The molecule has 0 bridgehead atoms. The van der Waals surface area contributed by atoms with Crippen molar-refractivity contribution < 1.29 is 14.3 Å². The van der Waals surface area contributed by atoms with Crippen molar-refractivity contribution in [1.29, 1.82) is 0 Å². The van der Waals surface area contributed by atoms with Gasteiger partial charge in [0.25, 0.3) is 5.91 Å². The molecule has 0 radical (unpaired) electrons. The van der Waals surface area contributed by atoms with Gasteiger partial charge in [-0.05, 0) is 56.2 Å².